The molecule has 12 amide bonds. The molecular weight excluding hydrogens is 1660 g/mol. The highest BCUT2D eigenvalue weighted by Crippen LogP contribution is 2.43. The number of aromatic hydroxyl groups is 4. The maximum absolute atomic E-state index is 13.6. The first-order chi connectivity index (χ1) is 57.5. The standard InChI is InChI=1S/C31H18Cl2N2O5.C30H20N2O8S.C29H14Cl2N2O7/c1-15-11-19(32)5-9-25(15)34-28(37)21-7-3-17(13-23(21)30(34)39)27(36)18-4-8-22-24(14-18)31(40)35(29(22)38)26-10-6-20(33)12-16(26)2;1-15-11-17(33)3-9-25(15)31-27(35)21-7-5-19(13-23(21)29(31)37)41(39,40)20-6-8-22-24(14-20)30(38)32(28(22)36)26-10-4-18(34)12-16(26)2;30-15-3-7-23(34)21(11-15)32-26(37)17-5-1-13(9-19(17)28(32)39)25(36)14-2-6-18-20(10-14)29(40)33(27(18)38)22-12-16(31)4-8-24(22)35/h3-14H,1-2H3;3-14,33-34H,1-2H3;1-12,34-35H. The summed E-state index contributed by atoms with van der Waals surface area (Å²) in [5.74, 6) is -9.44. The van der Waals surface area contributed by atoms with Crippen LogP contribution in [0, 0.1) is 27.7 Å². The Balaban J connectivity index is 0.000000135. The lowest BCUT2D eigenvalue weighted by Gasteiger charge is -2.16. The van der Waals surface area contributed by atoms with Gasteiger partial charge in [0, 0.05) is 42.3 Å². The van der Waals surface area contributed by atoms with E-state index >= 15 is 0 Å². The van der Waals surface area contributed by atoms with Gasteiger partial charge in [-0.05, 0) is 244 Å². The number of phenolic OH excluding ortho intramolecular Hbond substituents is 4. The zero-order valence-electron chi connectivity index (χ0n) is 62.7. The van der Waals surface area contributed by atoms with Gasteiger partial charge in [-0.25, -0.2) is 37.8 Å². The van der Waals surface area contributed by atoms with Crippen LogP contribution in [-0.4, -0.2) is 111 Å². The van der Waals surface area contributed by atoms with Gasteiger partial charge in [-0.2, -0.15) is 0 Å². The molecule has 6 aliphatic rings. The van der Waals surface area contributed by atoms with Crippen LogP contribution in [0.3, 0.4) is 0 Å². The van der Waals surface area contributed by atoms with Crippen molar-refractivity contribution in [3.63, 3.8) is 0 Å². The number of halogens is 4. The first kappa shape index (κ1) is 79.9. The first-order valence-electron chi connectivity index (χ1n) is 36.1. The number of anilines is 6. The highest BCUT2D eigenvalue weighted by Gasteiger charge is 2.46. The van der Waals surface area contributed by atoms with Crippen molar-refractivity contribution in [2.45, 2.75) is 37.5 Å². The van der Waals surface area contributed by atoms with Crippen LogP contribution >= 0.6 is 46.4 Å². The molecule has 0 aliphatic carbocycles. The largest absolute Gasteiger partial charge is 0.508 e. The highest BCUT2D eigenvalue weighted by molar-refractivity contribution is 7.91. The second-order valence-corrected chi connectivity index (χ2v) is 32.1. The quantitative estimate of drug-likeness (QED) is 0.0652. The minimum absolute atomic E-state index is 0.0241. The minimum atomic E-state index is -4.29. The monoisotopic (exact) mass is 1710 g/mol. The third-order valence-electron chi connectivity index (χ3n) is 20.9. The van der Waals surface area contributed by atoms with Crippen LogP contribution in [-0.2, 0) is 9.84 Å². The molecule has 0 saturated heterocycles. The number of benzene rings is 12. The van der Waals surface area contributed by atoms with E-state index in [1.165, 1.54) is 170 Å². The second kappa shape index (κ2) is 29.9. The summed E-state index contributed by atoms with van der Waals surface area (Å²) in [6, 6.07) is 49.6. The molecule has 26 nitrogen and oxygen atoms in total. The highest BCUT2D eigenvalue weighted by atomic mass is 35.5. The number of rotatable bonds is 12. The summed E-state index contributed by atoms with van der Waals surface area (Å²) in [4.78, 5) is 189. The average molecular weight is 1710 g/mol. The smallest absolute Gasteiger partial charge is 0.266 e. The van der Waals surface area contributed by atoms with E-state index in [0.29, 0.717) is 43.7 Å². The number of sulfone groups is 1. The molecule has 0 unspecified atom stereocenters. The van der Waals surface area contributed by atoms with E-state index in [-0.39, 0.29) is 155 Å². The van der Waals surface area contributed by atoms with Gasteiger partial charge in [0.1, 0.15) is 23.0 Å². The zero-order valence-corrected chi connectivity index (χ0v) is 66.5. The molecule has 18 rings (SSSR count). The van der Waals surface area contributed by atoms with E-state index in [1.54, 1.807) is 64.1 Å². The molecule has 121 heavy (non-hydrogen) atoms. The molecule has 31 heteroatoms. The predicted octanol–water partition coefficient (Wildman–Crippen LogP) is 15.8. The van der Waals surface area contributed by atoms with Crippen molar-refractivity contribution in [3.8, 4) is 23.0 Å². The Bertz CT molecular complexity index is 6640. The van der Waals surface area contributed by atoms with E-state index in [1.807, 2.05) is 0 Å². The van der Waals surface area contributed by atoms with Gasteiger partial charge in [0.2, 0.25) is 9.84 Å². The number of hydrogen-bond acceptors (Lipinski definition) is 20. The fourth-order valence-corrected chi connectivity index (χ4v) is 17.1. The average Bonchev–Trinajstić information content (AvgIpc) is 1.49. The van der Waals surface area contributed by atoms with Crippen LogP contribution in [0.4, 0.5) is 34.1 Å². The lowest BCUT2D eigenvalue weighted by atomic mass is 9.96. The summed E-state index contributed by atoms with van der Waals surface area (Å²) in [5, 5.41) is 41.2. The van der Waals surface area contributed by atoms with Crippen molar-refractivity contribution in [2.75, 3.05) is 29.4 Å². The molecule has 0 fully saturated rings. The molecule has 0 aromatic heterocycles. The summed E-state index contributed by atoms with van der Waals surface area (Å²) in [7, 11) is -4.29. The van der Waals surface area contributed by atoms with E-state index < -0.39 is 92.3 Å². The molecule has 12 aromatic rings. The molecule has 0 saturated carbocycles. The zero-order chi connectivity index (χ0) is 86.3. The Kier molecular flexibility index (Phi) is 19.8. The number of fused-ring (bicyclic) bond motifs is 6. The topological polar surface area (TPSA) is 373 Å². The Morgan fingerprint density at radius 2 is 0.455 bits per heavy atom. The number of nitrogens with zero attached hydrogens (tertiary/aromatic N) is 6. The molecule has 596 valence electrons. The Morgan fingerprint density at radius 1 is 0.240 bits per heavy atom. The van der Waals surface area contributed by atoms with Gasteiger partial charge in [0.25, 0.3) is 70.9 Å². The predicted molar refractivity (Wildman–Crippen MR) is 442 cm³/mol. The van der Waals surface area contributed by atoms with Crippen molar-refractivity contribution >= 4 is 173 Å². The van der Waals surface area contributed by atoms with Crippen molar-refractivity contribution in [1.82, 2.24) is 0 Å². The second-order valence-electron chi connectivity index (χ2n) is 28.4. The van der Waals surface area contributed by atoms with Crippen molar-refractivity contribution in [1.29, 1.82) is 0 Å². The van der Waals surface area contributed by atoms with E-state index in [4.69, 9.17) is 46.4 Å². The summed E-state index contributed by atoms with van der Waals surface area (Å²) in [6.45, 7) is 6.74. The van der Waals surface area contributed by atoms with Gasteiger partial charge in [-0.1, -0.05) is 70.7 Å². The molecule has 0 spiro atoms. The van der Waals surface area contributed by atoms with Gasteiger partial charge in [0.05, 0.1) is 111 Å². The summed E-state index contributed by atoms with van der Waals surface area (Å²) < 4.78 is 27.2. The van der Waals surface area contributed by atoms with Crippen LogP contribution in [0.25, 0.3) is 0 Å². The normalized spacial score (nSPS) is 14.3. The van der Waals surface area contributed by atoms with E-state index in [2.05, 4.69) is 0 Å². The third kappa shape index (κ3) is 13.4. The molecule has 0 radical (unpaired) electrons. The minimum Gasteiger partial charge on any atom is -0.508 e. The summed E-state index contributed by atoms with van der Waals surface area (Å²) in [5.41, 5.74) is 4.19. The number of amides is 12. The Labute approximate surface area is 703 Å². The molecule has 12 aromatic carbocycles. The number of phenols is 4. The Hall–Kier alpha value is -14.9. The maximum Gasteiger partial charge on any atom is 0.266 e. The number of hydrogen-bond donors (Lipinski definition) is 4. The fraction of sp³-hybridized carbons (Fsp3) is 0.0444. The molecular formula is C90H52Cl4N6O20S. The lowest BCUT2D eigenvalue weighted by Crippen LogP contribution is -2.30. The number of carbonyl (C=O) groups excluding carboxylic acids is 14. The number of imide groups is 6. The molecule has 6 heterocycles. The van der Waals surface area contributed by atoms with Gasteiger partial charge in [0.15, 0.2) is 11.6 Å². The van der Waals surface area contributed by atoms with E-state index in [9.17, 15) is 96.0 Å². The van der Waals surface area contributed by atoms with Gasteiger partial charge in [-0.15, -0.1) is 0 Å². The fourth-order valence-electron chi connectivity index (χ4n) is 15.0. The van der Waals surface area contributed by atoms with Crippen LogP contribution in [0.15, 0.2) is 228 Å². The van der Waals surface area contributed by atoms with Crippen molar-refractivity contribution in [2.24, 2.45) is 0 Å². The summed E-state index contributed by atoms with van der Waals surface area (Å²) in [6.07, 6.45) is 0. The van der Waals surface area contributed by atoms with Crippen LogP contribution < -0.4 is 29.4 Å². The SMILES string of the molecule is Cc1cc(Cl)ccc1N1C(=O)c2ccc(C(=O)c3ccc4c(c3)C(=O)N(c3ccc(Cl)cc3C)C4=O)cc2C1=O.Cc1cc(O)ccc1N1C(=O)c2ccc(S(=O)(=O)c3ccc4c(c3)C(=O)N(c3ccc(O)cc3C)C4=O)cc2C1=O.O=C(c1ccc2c(c1)C(=O)N(c1cc(Cl)ccc1O)C2=O)c1ccc2c(c1)C(=O)N(c1cc(Cl)ccc1O)C2=O. The lowest BCUT2D eigenvalue weighted by molar-refractivity contribution is 0.0909. The first-order valence-corrected chi connectivity index (χ1v) is 39.1. The van der Waals surface area contributed by atoms with Crippen LogP contribution in [0.1, 0.15) is 178 Å². The van der Waals surface area contributed by atoms with Gasteiger partial charge < -0.3 is 20.4 Å². The maximum atomic E-state index is 13.6. The van der Waals surface area contributed by atoms with Crippen LogP contribution in [0.5, 0.6) is 23.0 Å². The van der Waals surface area contributed by atoms with Crippen LogP contribution in [0.2, 0.25) is 20.1 Å². The molecule has 0 atom stereocenters. The molecule has 0 bridgehead atoms. The van der Waals surface area contributed by atoms with Gasteiger partial charge >= 0.3 is 0 Å². The van der Waals surface area contributed by atoms with Crippen molar-refractivity contribution < 1.29 is 96.0 Å². The van der Waals surface area contributed by atoms with Crippen molar-refractivity contribution in [3.05, 3.63) is 350 Å². The molecule has 6 aliphatic heterocycles. The van der Waals surface area contributed by atoms with Gasteiger partial charge in [-0.3, -0.25) is 67.1 Å². The Morgan fingerprint density at radius 3 is 0.719 bits per heavy atom. The number of aryl methyl sites for hydroxylation is 4. The summed E-state index contributed by atoms with van der Waals surface area (Å²) >= 11 is 24.0. The number of ketones is 2. The third-order valence-corrected chi connectivity index (χ3v) is 23.6. The van der Waals surface area contributed by atoms with E-state index in [0.717, 1.165) is 41.5 Å². The number of carbonyl (C=O) groups is 14. The molecule has 4 N–H and O–H groups in total.